The van der Waals surface area contributed by atoms with Crippen molar-refractivity contribution in [2.24, 2.45) is 0 Å². The van der Waals surface area contributed by atoms with Gasteiger partial charge >= 0.3 is 0 Å². The zero-order valence-electron chi connectivity index (χ0n) is 17.5. The summed E-state index contributed by atoms with van der Waals surface area (Å²) in [5, 5.41) is 0. The molecule has 0 bridgehead atoms. The molecular weight excluding hydrogens is 392 g/mol. The van der Waals surface area contributed by atoms with Gasteiger partial charge in [-0.1, -0.05) is 91.0 Å². The van der Waals surface area contributed by atoms with Gasteiger partial charge in [-0.25, -0.2) is 0 Å². The van der Waals surface area contributed by atoms with Crippen molar-refractivity contribution < 1.29 is 9.47 Å². The van der Waals surface area contributed by atoms with Crippen molar-refractivity contribution in [3.63, 3.8) is 0 Å². The standard InChI is InChI=1S/C30H22O2/c1-3-11-26(12-4-1)31-28-15-9-10-25(22-28)23-18-20-24(21-19-23)29-16-7-8-17-30(29)32-27-13-5-2-6-14-27/h1-22H. The Bertz CT molecular complexity index is 1290. The van der Waals surface area contributed by atoms with Gasteiger partial charge in [0.15, 0.2) is 0 Å². The van der Waals surface area contributed by atoms with Crippen LogP contribution < -0.4 is 9.47 Å². The van der Waals surface area contributed by atoms with Gasteiger partial charge < -0.3 is 9.47 Å². The third kappa shape index (κ3) is 4.55. The first-order valence-corrected chi connectivity index (χ1v) is 10.6. The summed E-state index contributed by atoms with van der Waals surface area (Å²) in [5.41, 5.74) is 4.41. The van der Waals surface area contributed by atoms with Crippen molar-refractivity contribution in [2.75, 3.05) is 0 Å². The number of ether oxygens (including phenoxy) is 2. The molecule has 0 fully saturated rings. The lowest BCUT2D eigenvalue weighted by Crippen LogP contribution is -1.88. The Balaban J connectivity index is 1.39. The summed E-state index contributed by atoms with van der Waals surface area (Å²) in [6, 6.07) is 44.5. The van der Waals surface area contributed by atoms with Crippen LogP contribution in [0.25, 0.3) is 22.3 Å². The fraction of sp³-hybridized carbons (Fsp3) is 0. The van der Waals surface area contributed by atoms with Crippen LogP contribution in [0.5, 0.6) is 23.0 Å². The van der Waals surface area contributed by atoms with Gasteiger partial charge in [-0.05, 0) is 59.2 Å². The average Bonchev–Trinajstić information content (AvgIpc) is 2.86. The minimum Gasteiger partial charge on any atom is -0.457 e. The van der Waals surface area contributed by atoms with Crippen LogP contribution in [0.4, 0.5) is 0 Å². The number of para-hydroxylation sites is 3. The van der Waals surface area contributed by atoms with Gasteiger partial charge in [0, 0.05) is 5.56 Å². The Morgan fingerprint density at radius 3 is 1.62 bits per heavy atom. The maximum absolute atomic E-state index is 6.13. The van der Waals surface area contributed by atoms with Gasteiger partial charge in [0.25, 0.3) is 0 Å². The Labute approximate surface area is 188 Å². The maximum Gasteiger partial charge on any atom is 0.135 e. The van der Waals surface area contributed by atoms with Crippen molar-refractivity contribution in [3.05, 3.63) is 133 Å². The molecule has 5 rings (SSSR count). The first kappa shape index (κ1) is 19.7. The topological polar surface area (TPSA) is 18.5 Å². The van der Waals surface area contributed by atoms with E-state index in [-0.39, 0.29) is 0 Å². The second-order valence-electron chi connectivity index (χ2n) is 7.43. The molecule has 2 heteroatoms. The summed E-state index contributed by atoms with van der Waals surface area (Å²) < 4.78 is 12.1. The molecule has 0 aromatic heterocycles. The lowest BCUT2D eigenvalue weighted by Gasteiger charge is -2.12. The third-order valence-corrected chi connectivity index (χ3v) is 5.20. The van der Waals surface area contributed by atoms with E-state index in [1.54, 1.807) is 0 Å². The summed E-state index contributed by atoms with van der Waals surface area (Å²) in [6.07, 6.45) is 0. The highest BCUT2D eigenvalue weighted by molar-refractivity contribution is 5.74. The molecule has 5 aromatic rings. The predicted octanol–water partition coefficient (Wildman–Crippen LogP) is 8.61. The SMILES string of the molecule is c1ccc(Oc2cccc(-c3ccc(-c4ccccc4Oc4ccccc4)cc3)c2)cc1. The molecule has 0 N–H and O–H groups in total. The zero-order valence-corrected chi connectivity index (χ0v) is 17.5. The van der Waals surface area contributed by atoms with Gasteiger partial charge in [0.05, 0.1) is 0 Å². The van der Waals surface area contributed by atoms with Crippen molar-refractivity contribution in [2.45, 2.75) is 0 Å². The van der Waals surface area contributed by atoms with Gasteiger partial charge in [0.1, 0.15) is 23.0 Å². The number of hydrogen-bond donors (Lipinski definition) is 0. The molecule has 0 atom stereocenters. The predicted molar refractivity (Wildman–Crippen MR) is 130 cm³/mol. The molecule has 0 radical (unpaired) electrons. The molecule has 154 valence electrons. The summed E-state index contributed by atoms with van der Waals surface area (Å²) in [5.74, 6) is 3.31. The molecule has 0 aliphatic heterocycles. The lowest BCUT2D eigenvalue weighted by atomic mass is 9.99. The van der Waals surface area contributed by atoms with E-state index >= 15 is 0 Å². The van der Waals surface area contributed by atoms with E-state index in [0.29, 0.717) is 0 Å². The van der Waals surface area contributed by atoms with Crippen molar-refractivity contribution >= 4 is 0 Å². The molecule has 0 saturated carbocycles. The van der Waals surface area contributed by atoms with Crippen LogP contribution in [0.3, 0.4) is 0 Å². The number of rotatable bonds is 6. The minimum absolute atomic E-state index is 0.819. The molecule has 2 nitrogen and oxygen atoms in total. The monoisotopic (exact) mass is 414 g/mol. The first-order chi connectivity index (χ1) is 15.8. The van der Waals surface area contributed by atoms with Crippen LogP contribution in [0, 0.1) is 0 Å². The van der Waals surface area contributed by atoms with Crippen molar-refractivity contribution in [1.82, 2.24) is 0 Å². The summed E-state index contributed by atoms with van der Waals surface area (Å²) in [7, 11) is 0. The molecular formula is C30H22O2. The maximum atomic E-state index is 6.13. The molecule has 0 amide bonds. The summed E-state index contributed by atoms with van der Waals surface area (Å²) in [4.78, 5) is 0. The smallest absolute Gasteiger partial charge is 0.135 e. The number of hydrogen-bond acceptors (Lipinski definition) is 2. The van der Waals surface area contributed by atoms with E-state index in [1.807, 2.05) is 91.0 Å². The van der Waals surface area contributed by atoms with Gasteiger partial charge in [-0.2, -0.15) is 0 Å². The van der Waals surface area contributed by atoms with Crippen LogP contribution in [0.15, 0.2) is 133 Å². The van der Waals surface area contributed by atoms with Crippen LogP contribution in [0.1, 0.15) is 0 Å². The van der Waals surface area contributed by atoms with Gasteiger partial charge in [0.2, 0.25) is 0 Å². The van der Waals surface area contributed by atoms with E-state index < -0.39 is 0 Å². The van der Waals surface area contributed by atoms with E-state index in [9.17, 15) is 0 Å². The largest absolute Gasteiger partial charge is 0.457 e. The Kier molecular flexibility index (Phi) is 5.67. The number of benzene rings is 5. The fourth-order valence-electron chi connectivity index (χ4n) is 3.62. The molecule has 0 aliphatic carbocycles. The fourth-order valence-corrected chi connectivity index (χ4v) is 3.62. The van der Waals surface area contributed by atoms with E-state index in [1.165, 1.54) is 0 Å². The van der Waals surface area contributed by atoms with Crippen LogP contribution in [-0.2, 0) is 0 Å². The Morgan fingerprint density at radius 2 is 0.906 bits per heavy atom. The second kappa shape index (κ2) is 9.23. The Hall–Kier alpha value is -4.30. The summed E-state index contributed by atoms with van der Waals surface area (Å²) >= 11 is 0. The van der Waals surface area contributed by atoms with E-state index in [0.717, 1.165) is 45.3 Å². The summed E-state index contributed by atoms with van der Waals surface area (Å²) in [6.45, 7) is 0. The highest BCUT2D eigenvalue weighted by Gasteiger charge is 2.08. The highest BCUT2D eigenvalue weighted by atomic mass is 16.5. The molecule has 0 aliphatic rings. The first-order valence-electron chi connectivity index (χ1n) is 10.6. The molecule has 5 aromatic carbocycles. The molecule has 0 heterocycles. The normalized spacial score (nSPS) is 10.5. The molecule has 32 heavy (non-hydrogen) atoms. The second-order valence-corrected chi connectivity index (χ2v) is 7.43. The Morgan fingerprint density at radius 1 is 0.344 bits per heavy atom. The van der Waals surface area contributed by atoms with Crippen LogP contribution in [0.2, 0.25) is 0 Å². The minimum atomic E-state index is 0.819. The van der Waals surface area contributed by atoms with Crippen LogP contribution in [-0.4, -0.2) is 0 Å². The highest BCUT2D eigenvalue weighted by Crippen LogP contribution is 2.35. The third-order valence-electron chi connectivity index (χ3n) is 5.20. The van der Waals surface area contributed by atoms with E-state index in [2.05, 4.69) is 42.5 Å². The van der Waals surface area contributed by atoms with E-state index in [4.69, 9.17) is 9.47 Å². The average molecular weight is 415 g/mol. The zero-order chi connectivity index (χ0) is 21.6. The van der Waals surface area contributed by atoms with Gasteiger partial charge in [-0.3, -0.25) is 0 Å². The molecule has 0 saturated heterocycles. The van der Waals surface area contributed by atoms with Gasteiger partial charge in [-0.15, -0.1) is 0 Å². The molecule has 0 spiro atoms. The van der Waals surface area contributed by atoms with Crippen molar-refractivity contribution in [1.29, 1.82) is 0 Å². The van der Waals surface area contributed by atoms with Crippen LogP contribution >= 0.6 is 0 Å². The lowest BCUT2D eigenvalue weighted by molar-refractivity contribution is 0.483. The van der Waals surface area contributed by atoms with Crippen molar-refractivity contribution in [3.8, 4) is 45.3 Å². The quantitative estimate of drug-likeness (QED) is 0.277. The molecule has 0 unspecified atom stereocenters.